The summed E-state index contributed by atoms with van der Waals surface area (Å²) in [5.74, 6) is 1.95. The van der Waals surface area contributed by atoms with E-state index in [1.165, 1.54) is 0 Å². The smallest absolute Gasteiger partial charge is 0.265 e. The highest BCUT2D eigenvalue weighted by molar-refractivity contribution is 5.94. The lowest BCUT2D eigenvalue weighted by molar-refractivity contribution is -0.122. The van der Waals surface area contributed by atoms with Crippen LogP contribution >= 0.6 is 0 Å². The molecule has 166 valence electrons. The van der Waals surface area contributed by atoms with Gasteiger partial charge < -0.3 is 24.4 Å². The maximum atomic E-state index is 12.5. The van der Waals surface area contributed by atoms with Gasteiger partial charge in [0.25, 0.3) is 5.91 Å². The molecule has 0 saturated carbocycles. The minimum Gasteiger partial charge on any atom is -0.497 e. The number of aromatic nitrogens is 2. The van der Waals surface area contributed by atoms with Crippen LogP contribution in [0, 0.1) is 0 Å². The number of amides is 1. The molecule has 1 fully saturated rings. The Balaban J connectivity index is 1.34. The van der Waals surface area contributed by atoms with Gasteiger partial charge in [-0.3, -0.25) is 4.79 Å². The summed E-state index contributed by atoms with van der Waals surface area (Å²) in [6, 6.07) is 18.5. The molecule has 2 heterocycles. The molecule has 8 nitrogen and oxygen atoms in total. The summed E-state index contributed by atoms with van der Waals surface area (Å²) in [5.41, 5.74) is 2.38. The number of methoxy groups -OCH3 is 1. The fraction of sp³-hybridized carbons (Fsp3) is 0.292. The van der Waals surface area contributed by atoms with Crippen molar-refractivity contribution in [3.05, 3.63) is 60.7 Å². The van der Waals surface area contributed by atoms with Crippen LogP contribution < -0.4 is 19.7 Å². The summed E-state index contributed by atoms with van der Waals surface area (Å²) in [7, 11) is 1.60. The topological polar surface area (TPSA) is 85.8 Å². The Morgan fingerprint density at radius 1 is 0.969 bits per heavy atom. The Labute approximate surface area is 187 Å². The molecule has 32 heavy (non-hydrogen) atoms. The van der Waals surface area contributed by atoms with Crippen LogP contribution in [-0.2, 0) is 9.53 Å². The fourth-order valence-electron chi connectivity index (χ4n) is 3.32. The van der Waals surface area contributed by atoms with E-state index >= 15 is 0 Å². The molecule has 0 aliphatic carbocycles. The normalized spacial score (nSPS) is 14.5. The third-order valence-electron chi connectivity index (χ3n) is 5.18. The number of carbonyl (C=O) groups excluding carboxylic acids is 1. The van der Waals surface area contributed by atoms with Crippen LogP contribution in [0.5, 0.6) is 11.5 Å². The van der Waals surface area contributed by atoms with Crippen molar-refractivity contribution < 1.29 is 19.0 Å². The van der Waals surface area contributed by atoms with Crippen molar-refractivity contribution in [3.63, 3.8) is 0 Å². The molecule has 4 rings (SSSR count). The number of nitrogens with zero attached hydrogens (tertiary/aromatic N) is 3. The van der Waals surface area contributed by atoms with Crippen LogP contribution in [0.1, 0.15) is 6.92 Å². The minimum absolute atomic E-state index is 0.233. The lowest BCUT2D eigenvalue weighted by Gasteiger charge is -2.27. The Morgan fingerprint density at radius 2 is 1.66 bits per heavy atom. The van der Waals surface area contributed by atoms with Crippen molar-refractivity contribution in [2.75, 3.05) is 43.6 Å². The van der Waals surface area contributed by atoms with E-state index in [2.05, 4.69) is 20.4 Å². The van der Waals surface area contributed by atoms with Gasteiger partial charge in [0, 0.05) is 24.3 Å². The molecule has 8 heteroatoms. The highest BCUT2D eigenvalue weighted by Gasteiger charge is 2.16. The summed E-state index contributed by atoms with van der Waals surface area (Å²) in [5, 5.41) is 11.6. The first kappa shape index (κ1) is 21.6. The van der Waals surface area contributed by atoms with Gasteiger partial charge in [-0.2, -0.15) is 0 Å². The molecule has 1 atom stereocenters. The second-order valence-corrected chi connectivity index (χ2v) is 7.38. The predicted octanol–water partition coefficient (Wildman–Crippen LogP) is 3.39. The molecule has 1 aliphatic heterocycles. The van der Waals surface area contributed by atoms with Crippen molar-refractivity contribution in [3.8, 4) is 22.8 Å². The van der Waals surface area contributed by atoms with Crippen molar-refractivity contribution in [1.29, 1.82) is 0 Å². The molecule has 0 bridgehead atoms. The van der Waals surface area contributed by atoms with Crippen molar-refractivity contribution in [2.45, 2.75) is 13.0 Å². The third-order valence-corrected chi connectivity index (χ3v) is 5.18. The average Bonchev–Trinajstić information content (AvgIpc) is 2.85. The molecule has 1 N–H and O–H groups in total. The number of anilines is 2. The molecule has 1 aromatic heterocycles. The average molecular weight is 434 g/mol. The first-order chi connectivity index (χ1) is 15.6. The predicted molar refractivity (Wildman–Crippen MR) is 122 cm³/mol. The van der Waals surface area contributed by atoms with E-state index in [0.29, 0.717) is 24.7 Å². The highest BCUT2D eigenvalue weighted by Crippen LogP contribution is 2.22. The largest absolute Gasteiger partial charge is 0.497 e. The Kier molecular flexibility index (Phi) is 6.81. The van der Waals surface area contributed by atoms with E-state index in [4.69, 9.17) is 14.2 Å². The van der Waals surface area contributed by atoms with E-state index in [0.717, 1.165) is 35.9 Å². The van der Waals surface area contributed by atoms with Gasteiger partial charge in [0.15, 0.2) is 11.9 Å². The first-order valence-corrected chi connectivity index (χ1v) is 10.5. The minimum atomic E-state index is -0.651. The SMILES string of the molecule is COc1ccc(OC(C)C(=O)Nc2ccc(-c3ccc(N4CCOCC4)nn3)cc2)cc1. The van der Waals surface area contributed by atoms with Gasteiger partial charge in [-0.1, -0.05) is 12.1 Å². The van der Waals surface area contributed by atoms with Gasteiger partial charge in [-0.05, 0) is 55.5 Å². The summed E-state index contributed by atoms with van der Waals surface area (Å²) in [4.78, 5) is 14.6. The number of nitrogens with one attached hydrogen (secondary N) is 1. The van der Waals surface area contributed by atoms with Gasteiger partial charge >= 0.3 is 0 Å². The molecule has 1 aliphatic rings. The number of hydrogen-bond acceptors (Lipinski definition) is 7. The molecular formula is C24H26N4O4. The second kappa shape index (κ2) is 10.1. The zero-order valence-corrected chi connectivity index (χ0v) is 18.2. The number of benzene rings is 2. The van der Waals surface area contributed by atoms with Crippen LogP contribution in [-0.4, -0.2) is 55.6 Å². The van der Waals surface area contributed by atoms with Crippen molar-refractivity contribution in [1.82, 2.24) is 10.2 Å². The Morgan fingerprint density at radius 3 is 2.28 bits per heavy atom. The van der Waals surface area contributed by atoms with Crippen molar-refractivity contribution in [2.24, 2.45) is 0 Å². The van der Waals surface area contributed by atoms with E-state index in [1.807, 2.05) is 36.4 Å². The molecule has 3 aromatic rings. The molecular weight excluding hydrogens is 408 g/mol. The van der Waals surface area contributed by atoms with Crippen LogP contribution in [0.3, 0.4) is 0 Å². The second-order valence-electron chi connectivity index (χ2n) is 7.38. The fourth-order valence-corrected chi connectivity index (χ4v) is 3.32. The number of carbonyl (C=O) groups is 1. The van der Waals surface area contributed by atoms with Crippen LogP contribution in [0.4, 0.5) is 11.5 Å². The van der Waals surface area contributed by atoms with E-state index in [1.54, 1.807) is 38.3 Å². The summed E-state index contributed by atoms with van der Waals surface area (Å²) in [6.07, 6.45) is -0.651. The molecule has 0 radical (unpaired) electrons. The van der Waals surface area contributed by atoms with E-state index in [-0.39, 0.29) is 5.91 Å². The molecule has 1 saturated heterocycles. The van der Waals surface area contributed by atoms with Gasteiger partial charge in [-0.25, -0.2) is 0 Å². The maximum Gasteiger partial charge on any atom is 0.265 e. The van der Waals surface area contributed by atoms with Gasteiger partial charge in [0.2, 0.25) is 0 Å². The summed E-state index contributed by atoms with van der Waals surface area (Å²) in [6.45, 7) is 4.77. The monoisotopic (exact) mass is 434 g/mol. The summed E-state index contributed by atoms with van der Waals surface area (Å²) < 4.78 is 16.2. The Bertz CT molecular complexity index is 1020. The zero-order valence-electron chi connectivity index (χ0n) is 18.2. The summed E-state index contributed by atoms with van der Waals surface area (Å²) >= 11 is 0. The number of rotatable bonds is 7. The first-order valence-electron chi connectivity index (χ1n) is 10.5. The lowest BCUT2D eigenvalue weighted by atomic mass is 10.1. The third kappa shape index (κ3) is 5.33. The van der Waals surface area contributed by atoms with Gasteiger partial charge in [0.1, 0.15) is 11.5 Å². The van der Waals surface area contributed by atoms with E-state index in [9.17, 15) is 4.79 Å². The van der Waals surface area contributed by atoms with Crippen LogP contribution in [0.2, 0.25) is 0 Å². The zero-order chi connectivity index (χ0) is 22.3. The van der Waals surface area contributed by atoms with Crippen molar-refractivity contribution >= 4 is 17.4 Å². The molecule has 2 aromatic carbocycles. The number of ether oxygens (including phenoxy) is 3. The number of morpholine rings is 1. The highest BCUT2D eigenvalue weighted by atomic mass is 16.5. The quantitative estimate of drug-likeness (QED) is 0.610. The van der Waals surface area contributed by atoms with E-state index < -0.39 is 6.10 Å². The molecule has 1 amide bonds. The standard InChI is InChI=1S/C24H26N4O4/c1-17(32-21-9-7-20(30-2)8-10-21)24(29)25-19-5-3-18(4-6-19)22-11-12-23(27-26-22)28-13-15-31-16-14-28/h3-12,17H,13-16H2,1-2H3,(H,25,29). The maximum absolute atomic E-state index is 12.5. The molecule has 0 spiro atoms. The van der Waals surface area contributed by atoms with Gasteiger partial charge in [-0.15, -0.1) is 10.2 Å². The van der Waals surface area contributed by atoms with Crippen LogP contribution in [0.25, 0.3) is 11.3 Å². The number of hydrogen-bond donors (Lipinski definition) is 1. The lowest BCUT2D eigenvalue weighted by Crippen LogP contribution is -2.36. The Hall–Kier alpha value is -3.65. The molecule has 1 unspecified atom stereocenters. The van der Waals surface area contributed by atoms with Gasteiger partial charge in [0.05, 0.1) is 26.0 Å². The van der Waals surface area contributed by atoms with Crippen LogP contribution in [0.15, 0.2) is 60.7 Å².